The summed E-state index contributed by atoms with van der Waals surface area (Å²) >= 11 is 0. The van der Waals surface area contributed by atoms with E-state index in [1.54, 1.807) is 4.68 Å². The Morgan fingerprint density at radius 1 is 0.847 bits per heavy atom. The van der Waals surface area contributed by atoms with Gasteiger partial charge in [0.05, 0.1) is 25.2 Å². The van der Waals surface area contributed by atoms with Crippen molar-refractivity contribution in [3.8, 4) is 5.75 Å². The average molecular weight is 810 g/mol. The second-order valence-corrected chi connectivity index (χ2v) is 17.9. The molecule has 3 saturated heterocycles. The van der Waals surface area contributed by atoms with Crippen LogP contribution in [0.1, 0.15) is 71.8 Å². The number of anilines is 3. The van der Waals surface area contributed by atoms with Crippen LogP contribution in [0.5, 0.6) is 5.75 Å². The number of carbonyl (C=O) groups is 1. The first kappa shape index (κ1) is 39.7. The number of piperazine rings is 1. The van der Waals surface area contributed by atoms with Crippen LogP contribution in [0.2, 0.25) is 0 Å². The van der Waals surface area contributed by atoms with Crippen LogP contribution in [-0.2, 0) is 21.6 Å². The molecule has 4 aromatic rings. The number of halogens is 2. The molecule has 1 spiro atoms. The van der Waals surface area contributed by atoms with Crippen LogP contribution in [0.15, 0.2) is 79.4 Å². The standard InChI is InChI=1S/C46H57F2N7O4/c1-31(2)41-42-43(45(41)19-7-5-6-8-20-45)55(44(56)54(42)32(3)4)36-12-10-34(11-13-36)51-21-23-52(24-22-51)35-14-16-37(17-15-35)57-26-40-58-28-46(59-40,27-53-30-49-29-50-53)38-18-9-33(47)25-39(38)48/h9-18,25,29-32,40-43H,5-8,19-24,26-28H2,1-4H3/t40-,41?,42+,43?,46+/m0/s1. The van der Waals surface area contributed by atoms with E-state index in [1.807, 2.05) is 12.1 Å². The van der Waals surface area contributed by atoms with Crippen LogP contribution in [-0.4, -0.2) is 89.5 Å². The number of hydrogen-bond acceptors (Lipinski definition) is 8. The van der Waals surface area contributed by atoms with Crippen LogP contribution >= 0.6 is 0 Å². The lowest BCUT2D eigenvalue weighted by Crippen LogP contribution is -2.70. The minimum absolute atomic E-state index is 0.0357. The Balaban J connectivity index is 0.809. The van der Waals surface area contributed by atoms with Crippen LogP contribution in [0.25, 0.3) is 0 Å². The van der Waals surface area contributed by atoms with Crippen LogP contribution in [0, 0.1) is 28.9 Å². The highest BCUT2D eigenvalue weighted by Crippen LogP contribution is 2.64. The average Bonchev–Trinajstić information content (AvgIpc) is 3.89. The molecule has 5 aliphatic rings. The van der Waals surface area contributed by atoms with E-state index in [0.29, 0.717) is 17.6 Å². The van der Waals surface area contributed by atoms with E-state index in [4.69, 9.17) is 14.2 Å². The van der Waals surface area contributed by atoms with Crippen molar-refractivity contribution in [1.82, 2.24) is 19.7 Å². The predicted octanol–water partition coefficient (Wildman–Crippen LogP) is 8.24. The molecule has 314 valence electrons. The van der Waals surface area contributed by atoms with Crippen molar-refractivity contribution in [2.75, 3.05) is 54.1 Å². The highest BCUT2D eigenvalue weighted by molar-refractivity contribution is 5.97. The Labute approximate surface area is 346 Å². The molecule has 3 aliphatic heterocycles. The molecule has 5 atom stereocenters. The summed E-state index contributed by atoms with van der Waals surface area (Å²) < 4.78 is 48.6. The quantitative estimate of drug-likeness (QED) is 0.150. The number of benzene rings is 3. The van der Waals surface area contributed by atoms with Gasteiger partial charge in [-0.3, -0.25) is 4.90 Å². The molecule has 59 heavy (non-hydrogen) atoms. The summed E-state index contributed by atoms with van der Waals surface area (Å²) in [7, 11) is 0. The van der Waals surface area contributed by atoms with Gasteiger partial charge in [-0.05, 0) is 98.5 Å². The van der Waals surface area contributed by atoms with Gasteiger partial charge in [-0.15, -0.1) is 0 Å². The molecule has 0 N–H and O–H groups in total. The second-order valence-electron chi connectivity index (χ2n) is 17.9. The number of rotatable bonds is 11. The summed E-state index contributed by atoms with van der Waals surface area (Å²) in [6, 6.07) is 21.1. The van der Waals surface area contributed by atoms with E-state index in [1.165, 1.54) is 69.0 Å². The lowest BCUT2D eigenvalue weighted by molar-refractivity contribution is -0.117. The maximum Gasteiger partial charge on any atom is 0.325 e. The zero-order valence-corrected chi connectivity index (χ0v) is 34.7. The van der Waals surface area contributed by atoms with Crippen molar-refractivity contribution in [3.63, 3.8) is 0 Å². The zero-order chi connectivity index (χ0) is 40.9. The first-order chi connectivity index (χ1) is 28.6. The van der Waals surface area contributed by atoms with Gasteiger partial charge in [0.15, 0.2) is 6.29 Å². The van der Waals surface area contributed by atoms with Gasteiger partial charge in [-0.2, -0.15) is 5.10 Å². The van der Waals surface area contributed by atoms with Crippen molar-refractivity contribution in [2.24, 2.45) is 17.3 Å². The van der Waals surface area contributed by atoms with Crippen LogP contribution < -0.4 is 19.4 Å². The highest BCUT2D eigenvalue weighted by atomic mass is 19.1. The normalized spacial score (nSPS) is 26.8. The van der Waals surface area contributed by atoms with Crippen molar-refractivity contribution in [2.45, 2.75) is 103 Å². The maximum absolute atomic E-state index is 15.0. The third-order valence-electron chi connectivity index (χ3n) is 13.8. The fraction of sp³-hybridized carbons (Fsp3) is 0.543. The first-order valence-corrected chi connectivity index (χ1v) is 21.6. The van der Waals surface area contributed by atoms with Gasteiger partial charge in [0.25, 0.3) is 0 Å². The highest BCUT2D eigenvalue weighted by Gasteiger charge is 2.71. The van der Waals surface area contributed by atoms with Gasteiger partial charge < -0.3 is 28.9 Å². The van der Waals surface area contributed by atoms with E-state index >= 15 is 4.39 Å². The third-order valence-corrected chi connectivity index (χ3v) is 13.8. The summed E-state index contributed by atoms with van der Waals surface area (Å²) in [6.07, 6.45) is 9.73. The van der Waals surface area contributed by atoms with E-state index in [2.05, 4.69) is 93.8 Å². The summed E-state index contributed by atoms with van der Waals surface area (Å²) in [5.41, 5.74) is 2.48. The molecular weight excluding hydrogens is 753 g/mol. The number of ether oxygens (including phenoxy) is 3. The molecule has 11 nitrogen and oxygen atoms in total. The Morgan fingerprint density at radius 3 is 2.08 bits per heavy atom. The zero-order valence-electron chi connectivity index (χ0n) is 34.7. The molecule has 2 aliphatic carbocycles. The Bertz CT molecular complexity index is 2070. The van der Waals surface area contributed by atoms with Gasteiger partial charge in [0, 0.05) is 60.9 Å². The van der Waals surface area contributed by atoms with Crippen molar-refractivity contribution in [1.29, 1.82) is 0 Å². The van der Waals surface area contributed by atoms with Crippen molar-refractivity contribution < 1.29 is 27.8 Å². The number of aromatic nitrogens is 3. The lowest BCUT2D eigenvalue weighted by atomic mass is 9.47. The van der Waals surface area contributed by atoms with Crippen molar-refractivity contribution >= 4 is 23.1 Å². The molecule has 0 bridgehead atoms. The molecule has 13 heteroatoms. The SMILES string of the molecule is CC(C)C1[C@@H]2C(N(c3ccc(N4CCN(c5ccc(OC[C@H]6OC[C@](Cn7cncn7)(c7ccc(F)cc7F)O6)cc5)CC4)cc3)C(=O)N2C(C)C)C12CCCCCC2. The molecule has 2 saturated carbocycles. The monoisotopic (exact) mass is 809 g/mol. The van der Waals surface area contributed by atoms with Crippen molar-refractivity contribution in [3.05, 3.63) is 96.6 Å². The van der Waals surface area contributed by atoms with E-state index in [9.17, 15) is 9.18 Å². The second kappa shape index (κ2) is 16.0. The van der Waals surface area contributed by atoms with Gasteiger partial charge in [-0.25, -0.2) is 23.2 Å². The number of carbonyl (C=O) groups excluding carboxylic acids is 1. The molecule has 2 unspecified atom stereocenters. The Kier molecular flexibility index (Phi) is 10.8. The third kappa shape index (κ3) is 7.21. The number of amides is 2. The number of urea groups is 1. The van der Waals surface area contributed by atoms with E-state index in [-0.39, 0.29) is 54.9 Å². The molecule has 5 fully saturated rings. The lowest BCUT2D eigenvalue weighted by Gasteiger charge is -2.63. The van der Waals surface area contributed by atoms with Gasteiger partial charge in [-0.1, -0.05) is 45.6 Å². The fourth-order valence-electron chi connectivity index (χ4n) is 11.3. The molecule has 1 aromatic heterocycles. The van der Waals surface area contributed by atoms with Gasteiger partial charge in [0.1, 0.15) is 42.2 Å². The van der Waals surface area contributed by atoms with Crippen LogP contribution in [0.4, 0.5) is 30.6 Å². The maximum atomic E-state index is 15.0. The summed E-state index contributed by atoms with van der Waals surface area (Å²) in [5, 5.41) is 4.16. The topological polar surface area (TPSA) is 88.4 Å². The smallest absolute Gasteiger partial charge is 0.325 e. The fourth-order valence-corrected chi connectivity index (χ4v) is 11.3. The molecule has 2 amide bonds. The first-order valence-electron chi connectivity index (χ1n) is 21.6. The van der Waals surface area contributed by atoms with Gasteiger partial charge in [0.2, 0.25) is 0 Å². The van der Waals surface area contributed by atoms with Crippen LogP contribution in [0.3, 0.4) is 0 Å². The molecule has 3 aromatic carbocycles. The number of fused-ring (bicyclic) bond motifs is 2. The van der Waals surface area contributed by atoms with E-state index < -0.39 is 23.5 Å². The molecule has 4 heterocycles. The summed E-state index contributed by atoms with van der Waals surface area (Å²) in [6.45, 7) is 12.9. The Morgan fingerprint density at radius 2 is 1.49 bits per heavy atom. The Hall–Kier alpha value is -4.75. The van der Waals surface area contributed by atoms with Gasteiger partial charge >= 0.3 is 6.03 Å². The predicted molar refractivity (Wildman–Crippen MR) is 223 cm³/mol. The molecule has 9 rings (SSSR count). The molecule has 0 radical (unpaired) electrons. The summed E-state index contributed by atoms with van der Waals surface area (Å²) in [5.74, 6) is 0.371. The summed E-state index contributed by atoms with van der Waals surface area (Å²) in [4.78, 5) is 27.5. The number of nitrogens with zero attached hydrogens (tertiary/aromatic N) is 7. The van der Waals surface area contributed by atoms with E-state index in [0.717, 1.165) is 43.6 Å². The number of hydrogen-bond donors (Lipinski definition) is 0. The minimum atomic E-state index is -1.23. The minimum Gasteiger partial charge on any atom is -0.488 e. The largest absolute Gasteiger partial charge is 0.488 e. The molecular formula is C46H57F2N7O4.